The monoisotopic (exact) mass is 308 g/mol. The van der Waals surface area contributed by atoms with Gasteiger partial charge in [0.1, 0.15) is 38.4 Å². The van der Waals surface area contributed by atoms with E-state index in [1.807, 2.05) is 0 Å². The number of carbonyl (C=O) groups is 1. The highest BCUT2D eigenvalue weighted by Gasteiger charge is 2.25. The summed E-state index contributed by atoms with van der Waals surface area (Å²) in [6.07, 6.45) is 0.589. The van der Waals surface area contributed by atoms with Crippen LogP contribution in [0.3, 0.4) is 0 Å². The highest BCUT2D eigenvalue weighted by molar-refractivity contribution is 5.94. The maximum atomic E-state index is 11.4. The van der Waals surface area contributed by atoms with Gasteiger partial charge in [0, 0.05) is 5.56 Å². The summed E-state index contributed by atoms with van der Waals surface area (Å²) in [4.78, 5) is 12.9. The Kier molecular flexibility index (Phi) is 5.80. The molecule has 0 saturated carbocycles. The molecule has 1 aliphatic heterocycles. The maximum Gasteiger partial charge on any atom is 0.161 e. The van der Waals surface area contributed by atoms with Crippen LogP contribution in [0, 0.1) is 0 Å². The highest BCUT2D eigenvalue weighted by Crippen LogP contribution is 2.28. The van der Waals surface area contributed by atoms with E-state index in [0.29, 0.717) is 35.9 Å². The molecule has 2 rings (SSSR count). The van der Waals surface area contributed by atoms with E-state index >= 15 is 0 Å². The normalized spacial score (nSPS) is 24.8. The summed E-state index contributed by atoms with van der Waals surface area (Å²) in [6, 6.07) is 5.30. The molecular formula is C17H26NO4+. The van der Waals surface area contributed by atoms with E-state index in [-0.39, 0.29) is 5.78 Å². The minimum Gasteiger partial charge on any atom is -0.493 e. The number of benzene rings is 1. The quantitative estimate of drug-likeness (QED) is 0.796. The first-order chi connectivity index (χ1) is 10.5. The molecule has 2 atom stereocenters. The second-order valence-corrected chi connectivity index (χ2v) is 5.94. The minimum absolute atomic E-state index is 0.0191. The molecule has 1 aromatic carbocycles. The first kappa shape index (κ1) is 16.8. The second-order valence-electron chi connectivity index (χ2n) is 5.94. The summed E-state index contributed by atoms with van der Waals surface area (Å²) in [6.45, 7) is 9.32. The molecular weight excluding hydrogens is 282 g/mol. The third kappa shape index (κ3) is 4.45. The summed E-state index contributed by atoms with van der Waals surface area (Å²) in [7, 11) is 1.59. The molecule has 1 N–H and O–H groups in total. The second kappa shape index (κ2) is 7.61. The van der Waals surface area contributed by atoms with Gasteiger partial charge in [-0.2, -0.15) is 0 Å². The Balaban J connectivity index is 1.90. The Morgan fingerprint density at radius 2 is 1.95 bits per heavy atom. The van der Waals surface area contributed by atoms with Crippen molar-refractivity contribution in [3.63, 3.8) is 0 Å². The Bertz CT molecular complexity index is 507. The molecule has 22 heavy (non-hydrogen) atoms. The molecule has 1 aliphatic rings. The van der Waals surface area contributed by atoms with Gasteiger partial charge in [-0.1, -0.05) is 0 Å². The van der Waals surface area contributed by atoms with Crippen LogP contribution in [0.5, 0.6) is 11.5 Å². The van der Waals surface area contributed by atoms with E-state index in [2.05, 4.69) is 13.8 Å². The summed E-state index contributed by atoms with van der Waals surface area (Å²) >= 11 is 0. The molecule has 0 aromatic heterocycles. The standard InChI is InChI=1S/C17H25NO4/c1-12-10-18(11-13(2)22-12)7-8-21-16-6-5-15(14(3)19)9-17(16)20-4/h5-6,9,12-13H,7-8,10-11H2,1-4H3/p+1/t12-,13-/m1/s1. The van der Waals surface area contributed by atoms with Crippen molar-refractivity contribution < 1.29 is 23.9 Å². The number of rotatable bonds is 6. The fourth-order valence-corrected chi connectivity index (χ4v) is 2.90. The fraction of sp³-hybridized carbons (Fsp3) is 0.588. The zero-order valence-corrected chi connectivity index (χ0v) is 13.8. The number of morpholine rings is 1. The number of Topliss-reactive ketones (excluding diaryl/α,β-unsaturated/α-hetero) is 1. The average molecular weight is 308 g/mol. The van der Waals surface area contributed by atoms with Gasteiger partial charge in [0.05, 0.1) is 7.11 Å². The number of ether oxygens (including phenoxy) is 3. The molecule has 0 aliphatic carbocycles. The van der Waals surface area contributed by atoms with Crippen LogP contribution in [-0.2, 0) is 4.74 Å². The molecule has 1 fully saturated rings. The Hall–Kier alpha value is -1.59. The average Bonchev–Trinajstić information content (AvgIpc) is 2.46. The lowest BCUT2D eigenvalue weighted by atomic mass is 10.1. The Morgan fingerprint density at radius 3 is 2.55 bits per heavy atom. The Labute approximate surface area is 132 Å². The lowest BCUT2D eigenvalue weighted by Crippen LogP contribution is -3.16. The van der Waals surface area contributed by atoms with Crippen molar-refractivity contribution in [3.8, 4) is 11.5 Å². The predicted molar refractivity (Wildman–Crippen MR) is 84.1 cm³/mol. The first-order valence-electron chi connectivity index (χ1n) is 7.80. The van der Waals surface area contributed by atoms with Crippen LogP contribution < -0.4 is 14.4 Å². The number of ketones is 1. The highest BCUT2D eigenvalue weighted by atomic mass is 16.5. The van der Waals surface area contributed by atoms with Crippen molar-refractivity contribution in [1.82, 2.24) is 0 Å². The van der Waals surface area contributed by atoms with E-state index in [1.54, 1.807) is 32.2 Å². The zero-order valence-electron chi connectivity index (χ0n) is 13.8. The molecule has 1 heterocycles. The molecule has 122 valence electrons. The topological polar surface area (TPSA) is 49.2 Å². The third-order valence-corrected chi connectivity index (χ3v) is 3.90. The van der Waals surface area contributed by atoms with Gasteiger partial charge in [-0.3, -0.25) is 4.79 Å². The van der Waals surface area contributed by atoms with Crippen LogP contribution in [0.4, 0.5) is 0 Å². The first-order valence-corrected chi connectivity index (χ1v) is 7.80. The van der Waals surface area contributed by atoms with Crippen molar-refractivity contribution in [3.05, 3.63) is 23.8 Å². The van der Waals surface area contributed by atoms with Crippen molar-refractivity contribution in [2.45, 2.75) is 33.0 Å². The number of quaternary nitrogens is 1. The van der Waals surface area contributed by atoms with Gasteiger partial charge in [0.2, 0.25) is 0 Å². The van der Waals surface area contributed by atoms with Gasteiger partial charge >= 0.3 is 0 Å². The van der Waals surface area contributed by atoms with Crippen molar-refractivity contribution >= 4 is 5.78 Å². The van der Waals surface area contributed by atoms with Gasteiger partial charge in [-0.25, -0.2) is 0 Å². The van der Waals surface area contributed by atoms with E-state index in [4.69, 9.17) is 14.2 Å². The predicted octanol–water partition coefficient (Wildman–Crippen LogP) is 0.969. The molecule has 5 heteroatoms. The van der Waals surface area contributed by atoms with Gasteiger partial charge < -0.3 is 19.1 Å². The van der Waals surface area contributed by atoms with Crippen LogP contribution >= 0.6 is 0 Å². The van der Waals surface area contributed by atoms with Gasteiger partial charge in [0.25, 0.3) is 0 Å². The van der Waals surface area contributed by atoms with Crippen LogP contribution in [0.25, 0.3) is 0 Å². The molecule has 0 bridgehead atoms. The van der Waals surface area contributed by atoms with Gasteiger partial charge in [-0.05, 0) is 39.0 Å². The SMILES string of the molecule is COc1cc(C(C)=O)ccc1OCC[NH+]1C[C@@H](C)O[C@H](C)C1. The summed E-state index contributed by atoms with van der Waals surface area (Å²) in [5.74, 6) is 1.30. The lowest BCUT2D eigenvalue weighted by molar-refractivity contribution is -0.915. The summed E-state index contributed by atoms with van der Waals surface area (Å²) < 4.78 is 16.9. The molecule has 0 radical (unpaired) electrons. The molecule has 5 nitrogen and oxygen atoms in total. The number of hydrogen-bond donors (Lipinski definition) is 1. The molecule has 1 saturated heterocycles. The van der Waals surface area contributed by atoms with Crippen molar-refractivity contribution in [2.75, 3.05) is 33.4 Å². The van der Waals surface area contributed by atoms with Gasteiger partial charge in [-0.15, -0.1) is 0 Å². The molecule has 1 aromatic rings. The smallest absolute Gasteiger partial charge is 0.161 e. The van der Waals surface area contributed by atoms with Crippen LogP contribution in [0.15, 0.2) is 18.2 Å². The number of nitrogens with one attached hydrogen (secondary N) is 1. The van der Waals surface area contributed by atoms with Crippen LogP contribution in [-0.4, -0.2) is 51.3 Å². The summed E-state index contributed by atoms with van der Waals surface area (Å²) in [5, 5.41) is 0. The van der Waals surface area contributed by atoms with E-state index in [0.717, 1.165) is 19.6 Å². The fourth-order valence-electron chi connectivity index (χ4n) is 2.90. The van der Waals surface area contributed by atoms with Crippen LogP contribution in [0.2, 0.25) is 0 Å². The molecule has 0 unspecified atom stereocenters. The minimum atomic E-state index is 0.0191. The lowest BCUT2D eigenvalue weighted by Gasteiger charge is -2.32. The number of carbonyl (C=O) groups excluding carboxylic acids is 1. The number of methoxy groups -OCH3 is 1. The van der Waals surface area contributed by atoms with E-state index in [1.165, 1.54) is 4.90 Å². The third-order valence-electron chi connectivity index (χ3n) is 3.90. The number of hydrogen-bond acceptors (Lipinski definition) is 4. The molecule has 0 amide bonds. The summed E-state index contributed by atoms with van der Waals surface area (Å²) in [5.41, 5.74) is 0.630. The van der Waals surface area contributed by atoms with E-state index in [9.17, 15) is 4.79 Å². The van der Waals surface area contributed by atoms with Gasteiger partial charge in [0.15, 0.2) is 17.3 Å². The van der Waals surface area contributed by atoms with E-state index < -0.39 is 0 Å². The Morgan fingerprint density at radius 1 is 1.27 bits per heavy atom. The van der Waals surface area contributed by atoms with Crippen molar-refractivity contribution in [1.29, 1.82) is 0 Å². The zero-order chi connectivity index (χ0) is 16.1. The van der Waals surface area contributed by atoms with Crippen LogP contribution in [0.1, 0.15) is 31.1 Å². The maximum absolute atomic E-state index is 11.4. The molecule has 0 spiro atoms. The largest absolute Gasteiger partial charge is 0.493 e. The van der Waals surface area contributed by atoms with Crippen molar-refractivity contribution in [2.24, 2.45) is 0 Å².